The van der Waals surface area contributed by atoms with Gasteiger partial charge in [0.1, 0.15) is 0 Å². The molecule has 0 unspecified atom stereocenters. The van der Waals surface area contributed by atoms with Gasteiger partial charge in [0.05, 0.1) is 0 Å². The van der Waals surface area contributed by atoms with E-state index in [9.17, 15) is 0 Å². The molecule has 21 heavy (non-hydrogen) atoms. The zero-order valence-electron chi connectivity index (χ0n) is 12.9. The summed E-state index contributed by atoms with van der Waals surface area (Å²) in [5.74, 6) is 0. The number of hydrogen-bond donors (Lipinski definition) is 0. The van der Waals surface area contributed by atoms with Gasteiger partial charge >= 0.3 is 132 Å². The SMILES string of the molecule is Cc1ccc([Se]c2c(C(C)(C)C)nc3ccccn23)cc1. The van der Waals surface area contributed by atoms with Gasteiger partial charge in [-0.25, -0.2) is 0 Å². The molecule has 0 amide bonds. The number of fused-ring (bicyclic) bond motifs is 1. The molecule has 0 spiro atoms. The third kappa shape index (κ3) is 2.90. The van der Waals surface area contributed by atoms with E-state index in [2.05, 4.69) is 80.8 Å². The van der Waals surface area contributed by atoms with Gasteiger partial charge in [-0.2, -0.15) is 0 Å². The van der Waals surface area contributed by atoms with Crippen molar-refractivity contribution in [1.29, 1.82) is 0 Å². The molecule has 3 rings (SSSR count). The zero-order valence-corrected chi connectivity index (χ0v) is 14.6. The summed E-state index contributed by atoms with van der Waals surface area (Å²) < 4.78 is 5.00. The molecule has 0 aliphatic rings. The molecule has 3 aromatic rings. The average Bonchev–Trinajstić information content (AvgIpc) is 2.81. The first-order chi connectivity index (χ1) is 9.95. The molecule has 0 saturated heterocycles. The van der Waals surface area contributed by atoms with Crippen LogP contribution in [0.3, 0.4) is 0 Å². The van der Waals surface area contributed by atoms with E-state index in [1.165, 1.54) is 20.3 Å². The van der Waals surface area contributed by atoms with Crippen molar-refractivity contribution in [3.05, 3.63) is 59.9 Å². The van der Waals surface area contributed by atoms with Crippen LogP contribution in [0.2, 0.25) is 0 Å². The molecule has 0 N–H and O–H groups in total. The molecule has 1 aromatic carbocycles. The number of hydrogen-bond acceptors (Lipinski definition) is 1. The third-order valence-electron chi connectivity index (χ3n) is 3.43. The minimum absolute atomic E-state index is 0.0633. The van der Waals surface area contributed by atoms with Gasteiger partial charge in [0.2, 0.25) is 0 Å². The predicted octanol–water partition coefficient (Wildman–Crippen LogP) is 2.60. The predicted molar refractivity (Wildman–Crippen MR) is 90.1 cm³/mol. The minimum atomic E-state index is 0.0633. The summed E-state index contributed by atoms with van der Waals surface area (Å²) in [6.07, 6.45) is 2.13. The maximum atomic E-state index is 4.88. The van der Waals surface area contributed by atoms with Crippen LogP contribution in [-0.4, -0.2) is 24.3 Å². The van der Waals surface area contributed by atoms with Crippen LogP contribution in [0.5, 0.6) is 0 Å². The molecule has 3 heteroatoms. The van der Waals surface area contributed by atoms with Crippen molar-refractivity contribution in [3.8, 4) is 0 Å². The number of pyridine rings is 1. The van der Waals surface area contributed by atoms with E-state index >= 15 is 0 Å². The van der Waals surface area contributed by atoms with E-state index in [4.69, 9.17) is 4.98 Å². The summed E-state index contributed by atoms with van der Waals surface area (Å²) in [6.45, 7) is 8.85. The average molecular weight is 343 g/mol. The van der Waals surface area contributed by atoms with Crippen molar-refractivity contribution in [2.24, 2.45) is 0 Å². The van der Waals surface area contributed by atoms with E-state index in [1.807, 2.05) is 0 Å². The number of rotatable bonds is 2. The maximum absolute atomic E-state index is 4.88. The van der Waals surface area contributed by atoms with Crippen LogP contribution in [0.1, 0.15) is 32.0 Å². The molecular weight excluding hydrogens is 323 g/mol. The van der Waals surface area contributed by atoms with Crippen molar-refractivity contribution < 1.29 is 0 Å². The summed E-state index contributed by atoms with van der Waals surface area (Å²) in [5, 5.41) is 0. The van der Waals surface area contributed by atoms with Gasteiger partial charge in [-0.05, 0) is 0 Å². The van der Waals surface area contributed by atoms with Crippen LogP contribution in [0.25, 0.3) is 5.65 Å². The molecule has 2 aromatic heterocycles. The first-order valence-electron chi connectivity index (χ1n) is 7.17. The quantitative estimate of drug-likeness (QED) is 0.654. The summed E-state index contributed by atoms with van der Waals surface area (Å²) in [7, 11) is 0. The normalized spacial score (nSPS) is 12.0. The Labute approximate surface area is 132 Å². The van der Waals surface area contributed by atoms with Gasteiger partial charge in [0, 0.05) is 0 Å². The number of benzene rings is 1. The van der Waals surface area contributed by atoms with Crippen molar-refractivity contribution in [2.75, 3.05) is 0 Å². The Morgan fingerprint density at radius 1 is 1.00 bits per heavy atom. The third-order valence-corrected chi connectivity index (χ3v) is 5.72. The number of aromatic nitrogens is 2. The Hall–Kier alpha value is -1.57. The van der Waals surface area contributed by atoms with Crippen LogP contribution < -0.4 is 9.05 Å². The second-order valence-corrected chi connectivity index (χ2v) is 8.59. The summed E-state index contributed by atoms with van der Waals surface area (Å²) in [4.78, 5) is 4.88. The van der Waals surface area contributed by atoms with Crippen LogP contribution in [0.4, 0.5) is 0 Å². The molecule has 0 bridgehead atoms. The Morgan fingerprint density at radius 3 is 2.38 bits per heavy atom. The van der Waals surface area contributed by atoms with Gasteiger partial charge in [0.25, 0.3) is 0 Å². The molecule has 0 atom stereocenters. The number of imidazole rings is 1. The standard InChI is InChI=1S/C18H20N2Se/c1-13-8-10-14(11-9-13)21-17-16(18(2,3)4)19-15-7-5-6-12-20(15)17/h5-12H,1-4H3. The van der Waals surface area contributed by atoms with Crippen LogP contribution >= 0.6 is 0 Å². The van der Waals surface area contributed by atoms with Gasteiger partial charge in [-0.1, -0.05) is 0 Å². The van der Waals surface area contributed by atoms with E-state index in [0.717, 1.165) is 5.65 Å². The Kier molecular flexibility index (Phi) is 3.64. The summed E-state index contributed by atoms with van der Waals surface area (Å²) in [6, 6.07) is 15.1. The molecule has 0 aliphatic carbocycles. The zero-order chi connectivity index (χ0) is 15.0. The monoisotopic (exact) mass is 344 g/mol. The first kappa shape index (κ1) is 14.4. The van der Waals surface area contributed by atoms with Gasteiger partial charge in [-0.3, -0.25) is 0 Å². The Balaban J connectivity index is 2.13. The molecule has 108 valence electrons. The fourth-order valence-electron chi connectivity index (χ4n) is 2.28. The van der Waals surface area contributed by atoms with Crippen LogP contribution in [0.15, 0.2) is 48.7 Å². The van der Waals surface area contributed by atoms with Crippen molar-refractivity contribution in [2.45, 2.75) is 33.1 Å². The van der Waals surface area contributed by atoms with E-state index in [1.54, 1.807) is 0 Å². The molecule has 0 radical (unpaired) electrons. The Morgan fingerprint density at radius 2 is 1.71 bits per heavy atom. The topological polar surface area (TPSA) is 17.3 Å². The van der Waals surface area contributed by atoms with E-state index in [0.29, 0.717) is 0 Å². The molecule has 2 nitrogen and oxygen atoms in total. The van der Waals surface area contributed by atoms with Crippen molar-refractivity contribution >= 4 is 29.7 Å². The number of aryl methyl sites for hydroxylation is 1. The van der Waals surface area contributed by atoms with Gasteiger partial charge < -0.3 is 0 Å². The number of nitrogens with zero attached hydrogens (tertiary/aromatic N) is 2. The molecule has 0 fully saturated rings. The summed E-state index contributed by atoms with van der Waals surface area (Å²) >= 11 is 0.261. The fourth-order valence-corrected chi connectivity index (χ4v) is 4.79. The van der Waals surface area contributed by atoms with Crippen molar-refractivity contribution in [1.82, 2.24) is 9.38 Å². The fraction of sp³-hybridized carbons (Fsp3) is 0.278. The van der Waals surface area contributed by atoms with Crippen LogP contribution in [-0.2, 0) is 5.41 Å². The molecule has 0 saturated carbocycles. The first-order valence-corrected chi connectivity index (χ1v) is 8.88. The Bertz CT molecular complexity index is 764. The second-order valence-electron chi connectivity index (χ2n) is 6.36. The van der Waals surface area contributed by atoms with Gasteiger partial charge in [-0.15, -0.1) is 0 Å². The van der Waals surface area contributed by atoms with Crippen LogP contribution in [0, 0.1) is 6.92 Å². The molecule has 2 heterocycles. The van der Waals surface area contributed by atoms with E-state index < -0.39 is 0 Å². The molecular formula is C18H20N2Se. The van der Waals surface area contributed by atoms with Gasteiger partial charge in [0.15, 0.2) is 0 Å². The molecule has 0 aliphatic heterocycles. The van der Waals surface area contributed by atoms with E-state index in [-0.39, 0.29) is 20.4 Å². The summed E-state index contributed by atoms with van der Waals surface area (Å²) in [5.41, 5.74) is 3.64. The van der Waals surface area contributed by atoms with Crippen molar-refractivity contribution in [3.63, 3.8) is 0 Å². The second kappa shape index (κ2) is 5.32.